The van der Waals surface area contributed by atoms with E-state index in [-0.39, 0.29) is 6.04 Å². The molecule has 2 rings (SSSR count). The number of piperidine rings is 1. The molecule has 2 heterocycles. The molecule has 4 N–H and O–H groups in total. The van der Waals surface area contributed by atoms with E-state index in [0.717, 1.165) is 31.7 Å². The van der Waals surface area contributed by atoms with Gasteiger partial charge in [0.2, 0.25) is 0 Å². The third kappa shape index (κ3) is 2.43. The summed E-state index contributed by atoms with van der Waals surface area (Å²) in [5, 5.41) is 15.3. The number of nitrogens with two attached hydrogens (primary N) is 1. The van der Waals surface area contributed by atoms with Gasteiger partial charge in [-0.15, -0.1) is 0 Å². The van der Waals surface area contributed by atoms with Crippen molar-refractivity contribution in [3.05, 3.63) is 6.20 Å². The van der Waals surface area contributed by atoms with Gasteiger partial charge >= 0.3 is 6.09 Å². The van der Waals surface area contributed by atoms with E-state index in [2.05, 4.69) is 15.3 Å². The third-order valence-electron chi connectivity index (χ3n) is 3.06. The van der Waals surface area contributed by atoms with Crippen molar-refractivity contribution in [2.75, 3.05) is 23.7 Å². The van der Waals surface area contributed by atoms with Crippen molar-refractivity contribution in [1.29, 1.82) is 0 Å². The molecule has 1 aliphatic heterocycles. The molecule has 7 heteroatoms. The molecule has 0 spiro atoms. The summed E-state index contributed by atoms with van der Waals surface area (Å²) in [5.41, 5.74) is 6.52. The van der Waals surface area contributed by atoms with Crippen molar-refractivity contribution >= 4 is 17.6 Å². The summed E-state index contributed by atoms with van der Waals surface area (Å²) < 4.78 is 1.75. The zero-order chi connectivity index (χ0) is 12.4. The molecule has 1 fully saturated rings. The second-order valence-electron chi connectivity index (χ2n) is 4.26. The highest BCUT2D eigenvalue weighted by Gasteiger charge is 2.23. The maximum atomic E-state index is 10.5. The SMILES string of the molecule is Cn1ncc(N)c1N1CCC(NC(=O)O)CC1. The van der Waals surface area contributed by atoms with E-state index < -0.39 is 6.09 Å². The summed E-state index contributed by atoms with van der Waals surface area (Å²) in [6, 6.07) is 0.0400. The predicted molar refractivity (Wildman–Crippen MR) is 64.0 cm³/mol. The van der Waals surface area contributed by atoms with E-state index in [9.17, 15) is 4.79 Å². The van der Waals surface area contributed by atoms with Crippen LogP contribution in [0.25, 0.3) is 0 Å². The summed E-state index contributed by atoms with van der Waals surface area (Å²) in [4.78, 5) is 12.7. The van der Waals surface area contributed by atoms with Gasteiger partial charge in [-0.3, -0.25) is 4.68 Å². The fourth-order valence-corrected chi connectivity index (χ4v) is 2.25. The highest BCUT2D eigenvalue weighted by atomic mass is 16.4. The number of aromatic nitrogens is 2. The topological polar surface area (TPSA) is 96.4 Å². The minimum atomic E-state index is -0.955. The van der Waals surface area contributed by atoms with Gasteiger partial charge < -0.3 is 21.1 Å². The van der Waals surface area contributed by atoms with Crippen molar-refractivity contribution in [2.24, 2.45) is 7.05 Å². The largest absolute Gasteiger partial charge is 0.465 e. The Labute approximate surface area is 99.2 Å². The maximum Gasteiger partial charge on any atom is 0.404 e. The van der Waals surface area contributed by atoms with E-state index in [4.69, 9.17) is 10.8 Å². The Balaban J connectivity index is 1.97. The predicted octanol–water partition coefficient (Wildman–Crippen LogP) is 0.239. The van der Waals surface area contributed by atoms with Crippen LogP contribution in [-0.2, 0) is 7.05 Å². The lowest BCUT2D eigenvalue weighted by Crippen LogP contribution is -2.44. The van der Waals surface area contributed by atoms with E-state index in [1.807, 2.05) is 7.05 Å². The van der Waals surface area contributed by atoms with Crippen molar-refractivity contribution in [1.82, 2.24) is 15.1 Å². The molecular weight excluding hydrogens is 222 g/mol. The molecule has 1 aliphatic rings. The molecule has 94 valence electrons. The van der Waals surface area contributed by atoms with Crippen molar-refractivity contribution in [3.8, 4) is 0 Å². The summed E-state index contributed by atoms with van der Waals surface area (Å²) >= 11 is 0. The van der Waals surface area contributed by atoms with E-state index in [0.29, 0.717) is 5.69 Å². The second kappa shape index (κ2) is 4.52. The fraction of sp³-hybridized carbons (Fsp3) is 0.600. The molecule has 0 unspecified atom stereocenters. The molecule has 17 heavy (non-hydrogen) atoms. The first-order valence-electron chi connectivity index (χ1n) is 5.60. The van der Waals surface area contributed by atoms with Crippen LogP contribution in [0.4, 0.5) is 16.3 Å². The number of carboxylic acid groups (broad SMARTS) is 1. The van der Waals surface area contributed by atoms with E-state index in [1.54, 1.807) is 10.9 Å². The number of anilines is 2. The molecule has 0 bridgehead atoms. The molecule has 0 atom stereocenters. The Morgan fingerprint density at radius 1 is 1.59 bits per heavy atom. The molecule has 1 saturated heterocycles. The normalized spacial score (nSPS) is 17.1. The maximum absolute atomic E-state index is 10.5. The average molecular weight is 239 g/mol. The number of hydrogen-bond acceptors (Lipinski definition) is 4. The van der Waals surface area contributed by atoms with Gasteiger partial charge in [-0.05, 0) is 12.8 Å². The van der Waals surface area contributed by atoms with Crippen LogP contribution in [0, 0.1) is 0 Å². The fourth-order valence-electron chi connectivity index (χ4n) is 2.25. The Kier molecular flexibility index (Phi) is 3.08. The zero-order valence-electron chi connectivity index (χ0n) is 9.76. The van der Waals surface area contributed by atoms with Gasteiger partial charge in [0.1, 0.15) is 5.82 Å². The summed E-state index contributed by atoms with van der Waals surface area (Å²) in [7, 11) is 1.85. The highest BCUT2D eigenvalue weighted by molar-refractivity contribution is 5.65. The number of rotatable bonds is 2. The second-order valence-corrected chi connectivity index (χ2v) is 4.26. The number of nitrogens with one attached hydrogen (secondary N) is 1. The molecule has 1 aromatic heterocycles. The summed E-state index contributed by atoms with van der Waals surface area (Å²) in [5.74, 6) is 0.916. The molecular formula is C10H17N5O2. The van der Waals surface area contributed by atoms with Crippen molar-refractivity contribution in [3.63, 3.8) is 0 Å². The van der Waals surface area contributed by atoms with Gasteiger partial charge in [0.25, 0.3) is 0 Å². The lowest BCUT2D eigenvalue weighted by atomic mass is 10.1. The Morgan fingerprint density at radius 2 is 2.24 bits per heavy atom. The monoisotopic (exact) mass is 239 g/mol. The van der Waals surface area contributed by atoms with Gasteiger partial charge in [-0.25, -0.2) is 4.79 Å². The van der Waals surface area contributed by atoms with Gasteiger partial charge in [-0.1, -0.05) is 0 Å². The smallest absolute Gasteiger partial charge is 0.404 e. The minimum absolute atomic E-state index is 0.0400. The summed E-state index contributed by atoms with van der Waals surface area (Å²) in [6.07, 6.45) is 2.26. The third-order valence-corrected chi connectivity index (χ3v) is 3.06. The Morgan fingerprint density at radius 3 is 2.71 bits per heavy atom. The summed E-state index contributed by atoms with van der Waals surface area (Å²) in [6.45, 7) is 1.57. The molecule has 1 aromatic rings. The van der Waals surface area contributed by atoms with Crippen LogP contribution in [0.5, 0.6) is 0 Å². The van der Waals surface area contributed by atoms with Crippen LogP contribution in [0.3, 0.4) is 0 Å². The first-order valence-corrected chi connectivity index (χ1v) is 5.60. The van der Waals surface area contributed by atoms with Gasteiger partial charge in [0, 0.05) is 26.2 Å². The quantitative estimate of drug-likeness (QED) is 0.687. The molecule has 0 aliphatic carbocycles. The van der Waals surface area contributed by atoms with Crippen LogP contribution in [0.15, 0.2) is 6.20 Å². The zero-order valence-corrected chi connectivity index (χ0v) is 9.76. The van der Waals surface area contributed by atoms with Crippen molar-refractivity contribution < 1.29 is 9.90 Å². The van der Waals surface area contributed by atoms with Crippen LogP contribution in [0.1, 0.15) is 12.8 Å². The van der Waals surface area contributed by atoms with Gasteiger partial charge in [-0.2, -0.15) is 5.10 Å². The Bertz CT molecular complexity index is 389. The number of nitrogen functional groups attached to an aromatic ring is 1. The highest BCUT2D eigenvalue weighted by Crippen LogP contribution is 2.25. The van der Waals surface area contributed by atoms with Crippen LogP contribution >= 0.6 is 0 Å². The number of amides is 1. The molecule has 0 radical (unpaired) electrons. The van der Waals surface area contributed by atoms with Crippen LogP contribution < -0.4 is 16.0 Å². The molecule has 1 amide bonds. The van der Waals surface area contributed by atoms with Gasteiger partial charge in [0.05, 0.1) is 11.9 Å². The lowest BCUT2D eigenvalue weighted by molar-refractivity contribution is 0.187. The number of carbonyl (C=O) groups is 1. The first kappa shape index (κ1) is 11.6. The van der Waals surface area contributed by atoms with Crippen molar-refractivity contribution in [2.45, 2.75) is 18.9 Å². The lowest BCUT2D eigenvalue weighted by Gasteiger charge is -2.33. The molecule has 0 aromatic carbocycles. The van der Waals surface area contributed by atoms with E-state index >= 15 is 0 Å². The molecule has 7 nitrogen and oxygen atoms in total. The molecule has 0 saturated carbocycles. The number of hydrogen-bond donors (Lipinski definition) is 3. The van der Waals surface area contributed by atoms with E-state index in [1.165, 1.54) is 0 Å². The van der Waals surface area contributed by atoms with Gasteiger partial charge in [0.15, 0.2) is 0 Å². The Hall–Kier alpha value is -1.92. The van der Waals surface area contributed by atoms with Crippen LogP contribution in [-0.4, -0.2) is 40.1 Å². The number of aryl methyl sites for hydroxylation is 1. The first-order chi connectivity index (χ1) is 8.08. The number of nitrogens with zero attached hydrogens (tertiary/aromatic N) is 3. The average Bonchev–Trinajstić information content (AvgIpc) is 2.59. The standard InChI is InChI=1S/C10H17N5O2/c1-14-9(8(11)6-12-14)15-4-2-7(3-5-15)13-10(16)17/h6-7,13H,2-5,11H2,1H3,(H,16,17). The minimum Gasteiger partial charge on any atom is -0.465 e. The van der Waals surface area contributed by atoms with Crippen LogP contribution in [0.2, 0.25) is 0 Å².